The zero-order chi connectivity index (χ0) is 13.8. The Kier molecular flexibility index (Phi) is 3.40. The van der Waals surface area contributed by atoms with E-state index in [9.17, 15) is 0 Å². The largest absolute Gasteiger partial charge is 0.375 e. The van der Waals surface area contributed by atoms with E-state index in [4.69, 9.17) is 0 Å². The lowest BCUT2D eigenvalue weighted by molar-refractivity contribution is 0.707. The Morgan fingerprint density at radius 1 is 1.25 bits per heavy atom. The average molecular weight is 269 g/mol. The minimum atomic E-state index is 0.633. The lowest BCUT2D eigenvalue weighted by atomic mass is 10.3. The first-order chi connectivity index (χ1) is 9.88. The van der Waals surface area contributed by atoms with Crippen LogP contribution in [0.15, 0.2) is 43.4 Å². The topological polar surface area (TPSA) is 73.5 Å². The number of anilines is 1. The Morgan fingerprint density at radius 3 is 3.00 bits per heavy atom. The van der Waals surface area contributed by atoms with Crippen molar-refractivity contribution in [2.24, 2.45) is 0 Å². The molecule has 0 fully saturated rings. The maximum atomic E-state index is 4.34. The van der Waals surface area contributed by atoms with Crippen molar-refractivity contribution in [1.82, 2.24) is 29.3 Å². The zero-order valence-corrected chi connectivity index (χ0v) is 11.1. The van der Waals surface area contributed by atoms with Crippen molar-refractivity contribution in [1.29, 1.82) is 0 Å². The molecule has 0 saturated heterocycles. The smallest absolute Gasteiger partial charge is 0.178 e. The fourth-order valence-corrected chi connectivity index (χ4v) is 2.00. The van der Waals surface area contributed by atoms with Crippen molar-refractivity contribution in [2.75, 3.05) is 5.32 Å². The maximum Gasteiger partial charge on any atom is 0.178 e. The Hall–Kier alpha value is -2.70. The monoisotopic (exact) mass is 269 g/mol. The molecule has 0 unspecified atom stereocenters. The second kappa shape index (κ2) is 5.52. The molecule has 3 heterocycles. The number of hydrogen-bond acceptors (Lipinski definition) is 5. The minimum Gasteiger partial charge on any atom is -0.375 e. The molecule has 102 valence electrons. The summed E-state index contributed by atoms with van der Waals surface area (Å²) in [6.45, 7) is 3.63. The van der Waals surface area contributed by atoms with Gasteiger partial charge in [-0.15, -0.1) is 0 Å². The van der Waals surface area contributed by atoms with E-state index in [1.165, 1.54) is 6.33 Å². The molecule has 0 aliphatic heterocycles. The fraction of sp³-hybridized carbons (Fsp3) is 0.231. The first-order valence-electron chi connectivity index (χ1n) is 6.42. The lowest BCUT2D eigenvalue weighted by Crippen LogP contribution is -2.10. The highest BCUT2D eigenvalue weighted by Gasteiger charge is 2.07. The van der Waals surface area contributed by atoms with Gasteiger partial charge in [0.25, 0.3) is 0 Å². The molecule has 3 aromatic rings. The number of imidazole rings is 1. The van der Waals surface area contributed by atoms with Gasteiger partial charge >= 0.3 is 0 Å². The van der Waals surface area contributed by atoms with Crippen molar-refractivity contribution in [3.8, 4) is 5.82 Å². The SMILES string of the molecule is CCn1ccnc1CNc1cccnc1-n1cncn1. The molecule has 3 rings (SSSR count). The molecular formula is C13H15N7. The molecule has 0 bridgehead atoms. The van der Waals surface area contributed by atoms with E-state index in [0.717, 1.165) is 23.9 Å². The van der Waals surface area contributed by atoms with Crippen LogP contribution < -0.4 is 5.32 Å². The Bertz CT molecular complexity index is 672. The van der Waals surface area contributed by atoms with Gasteiger partial charge in [-0.3, -0.25) is 0 Å². The molecule has 0 aliphatic rings. The number of hydrogen-bond donors (Lipinski definition) is 1. The van der Waals surface area contributed by atoms with E-state index in [0.29, 0.717) is 6.54 Å². The van der Waals surface area contributed by atoms with Crippen molar-refractivity contribution in [2.45, 2.75) is 20.0 Å². The molecule has 20 heavy (non-hydrogen) atoms. The number of nitrogens with one attached hydrogen (secondary N) is 1. The van der Waals surface area contributed by atoms with E-state index >= 15 is 0 Å². The predicted molar refractivity (Wildman–Crippen MR) is 74.4 cm³/mol. The van der Waals surface area contributed by atoms with Gasteiger partial charge in [-0.2, -0.15) is 5.10 Å². The lowest BCUT2D eigenvalue weighted by Gasteiger charge is -2.11. The minimum absolute atomic E-state index is 0.633. The van der Waals surface area contributed by atoms with Gasteiger partial charge in [0.1, 0.15) is 18.5 Å². The highest BCUT2D eigenvalue weighted by atomic mass is 15.3. The summed E-state index contributed by atoms with van der Waals surface area (Å²) >= 11 is 0. The number of rotatable bonds is 5. The summed E-state index contributed by atoms with van der Waals surface area (Å²) in [6, 6.07) is 3.85. The standard InChI is InChI=1S/C13H15N7/c1-2-19-7-6-15-12(19)8-17-11-4-3-5-16-13(11)20-10-14-9-18-20/h3-7,9-10,17H,2,8H2,1H3. The first kappa shape index (κ1) is 12.3. The van der Waals surface area contributed by atoms with E-state index in [2.05, 4.69) is 36.9 Å². The molecule has 7 heteroatoms. The molecule has 0 spiro atoms. The van der Waals surface area contributed by atoms with Crippen molar-refractivity contribution >= 4 is 5.69 Å². The third-order valence-corrected chi connectivity index (χ3v) is 3.00. The molecule has 0 radical (unpaired) electrons. The summed E-state index contributed by atoms with van der Waals surface area (Å²) in [5.74, 6) is 1.71. The third kappa shape index (κ3) is 2.37. The van der Waals surface area contributed by atoms with Crippen LogP contribution in [-0.2, 0) is 13.1 Å². The molecule has 3 aromatic heterocycles. The zero-order valence-electron chi connectivity index (χ0n) is 11.1. The van der Waals surface area contributed by atoms with Crippen LogP contribution in [0.1, 0.15) is 12.7 Å². The Morgan fingerprint density at radius 2 is 2.20 bits per heavy atom. The highest BCUT2D eigenvalue weighted by molar-refractivity contribution is 5.55. The summed E-state index contributed by atoms with van der Waals surface area (Å²) < 4.78 is 3.73. The van der Waals surface area contributed by atoms with Crippen LogP contribution in [0.5, 0.6) is 0 Å². The fourth-order valence-electron chi connectivity index (χ4n) is 2.00. The van der Waals surface area contributed by atoms with Crippen LogP contribution in [0.3, 0.4) is 0 Å². The van der Waals surface area contributed by atoms with Gasteiger partial charge in [0.05, 0.1) is 12.2 Å². The Balaban J connectivity index is 1.81. The summed E-state index contributed by atoms with van der Waals surface area (Å²) in [5, 5.41) is 7.45. The van der Waals surface area contributed by atoms with Crippen LogP contribution in [0.25, 0.3) is 5.82 Å². The summed E-state index contributed by atoms with van der Waals surface area (Å²) in [6.07, 6.45) is 8.62. The summed E-state index contributed by atoms with van der Waals surface area (Å²) in [7, 11) is 0. The number of pyridine rings is 1. The molecule has 0 aromatic carbocycles. The van der Waals surface area contributed by atoms with Crippen molar-refractivity contribution < 1.29 is 0 Å². The van der Waals surface area contributed by atoms with Crippen LogP contribution in [0.2, 0.25) is 0 Å². The van der Waals surface area contributed by atoms with E-state index in [1.54, 1.807) is 17.2 Å². The van der Waals surface area contributed by atoms with Gasteiger partial charge in [-0.25, -0.2) is 19.6 Å². The number of aromatic nitrogens is 6. The molecule has 0 amide bonds. The molecule has 0 atom stereocenters. The van der Waals surface area contributed by atoms with Crippen molar-refractivity contribution in [3.05, 3.63) is 49.2 Å². The van der Waals surface area contributed by atoms with Crippen LogP contribution in [0, 0.1) is 0 Å². The number of aryl methyl sites for hydroxylation is 1. The summed E-state index contributed by atoms with van der Waals surface area (Å²) in [5.41, 5.74) is 0.892. The van der Waals surface area contributed by atoms with Gasteiger partial charge in [0.2, 0.25) is 0 Å². The normalized spacial score (nSPS) is 10.7. The van der Waals surface area contributed by atoms with Gasteiger partial charge in [0, 0.05) is 25.1 Å². The molecule has 7 nitrogen and oxygen atoms in total. The summed E-state index contributed by atoms with van der Waals surface area (Å²) in [4.78, 5) is 12.6. The average Bonchev–Trinajstić information content (AvgIpc) is 3.16. The highest BCUT2D eigenvalue weighted by Crippen LogP contribution is 2.16. The van der Waals surface area contributed by atoms with Crippen LogP contribution >= 0.6 is 0 Å². The third-order valence-electron chi connectivity index (χ3n) is 3.00. The number of nitrogens with zero attached hydrogens (tertiary/aromatic N) is 6. The van der Waals surface area contributed by atoms with E-state index in [-0.39, 0.29) is 0 Å². The van der Waals surface area contributed by atoms with Gasteiger partial charge in [-0.05, 0) is 19.1 Å². The molecule has 0 aliphatic carbocycles. The van der Waals surface area contributed by atoms with E-state index in [1.807, 2.05) is 24.5 Å². The van der Waals surface area contributed by atoms with E-state index < -0.39 is 0 Å². The maximum absolute atomic E-state index is 4.34. The van der Waals surface area contributed by atoms with Gasteiger partial charge in [0.15, 0.2) is 5.82 Å². The molecule has 1 N–H and O–H groups in total. The second-order valence-electron chi connectivity index (χ2n) is 4.20. The first-order valence-corrected chi connectivity index (χ1v) is 6.42. The Labute approximate surface area is 116 Å². The molecular weight excluding hydrogens is 254 g/mol. The van der Waals surface area contributed by atoms with Crippen LogP contribution in [0.4, 0.5) is 5.69 Å². The molecule has 0 saturated carbocycles. The predicted octanol–water partition coefficient (Wildman–Crippen LogP) is 1.49. The quantitative estimate of drug-likeness (QED) is 0.759. The van der Waals surface area contributed by atoms with Gasteiger partial charge < -0.3 is 9.88 Å². The van der Waals surface area contributed by atoms with Gasteiger partial charge in [-0.1, -0.05) is 0 Å². The van der Waals surface area contributed by atoms with Crippen molar-refractivity contribution in [3.63, 3.8) is 0 Å². The second-order valence-corrected chi connectivity index (χ2v) is 4.20. The van der Waals surface area contributed by atoms with Crippen LogP contribution in [-0.4, -0.2) is 29.3 Å².